The van der Waals surface area contributed by atoms with Crippen LogP contribution in [0, 0.1) is 0 Å². The number of rotatable bonds is 7. The fourth-order valence-electron chi connectivity index (χ4n) is 3.45. The van der Waals surface area contributed by atoms with Gasteiger partial charge in [-0.3, -0.25) is 4.79 Å². The molecule has 0 aliphatic carbocycles. The molecule has 1 heterocycles. The van der Waals surface area contributed by atoms with E-state index >= 15 is 0 Å². The van der Waals surface area contributed by atoms with Gasteiger partial charge in [-0.1, -0.05) is 55.5 Å². The van der Waals surface area contributed by atoms with Crippen LogP contribution in [0.1, 0.15) is 30.6 Å². The van der Waals surface area contributed by atoms with Gasteiger partial charge in [0.05, 0.1) is 21.7 Å². The summed E-state index contributed by atoms with van der Waals surface area (Å²) in [6.07, 6.45) is 0.693. The predicted octanol–water partition coefficient (Wildman–Crippen LogP) is 5.23. The van der Waals surface area contributed by atoms with Crippen LogP contribution in [-0.4, -0.2) is 25.4 Å². The van der Waals surface area contributed by atoms with Crippen LogP contribution in [0.25, 0.3) is 22.2 Å². The highest BCUT2D eigenvalue weighted by Crippen LogP contribution is 2.26. The van der Waals surface area contributed by atoms with Gasteiger partial charge in [0.2, 0.25) is 10.0 Å². The molecule has 1 unspecified atom stereocenters. The van der Waals surface area contributed by atoms with Crippen molar-refractivity contribution in [3.63, 3.8) is 0 Å². The molecule has 0 spiro atoms. The lowest BCUT2D eigenvalue weighted by molar-refractivity contribution is 0.102. The summed E-state index contributed by atoms with van der Waals surface area (Å²) in [5, 5.41) is 3.62. The second-order valence-corrected chi connectivity index (χ2v) is 9.56. The summed E-state index contributed by atoms with van der Waals surface area (Å²) in [6, 6.07) is 25.0. The van der Waals surface area contributed by atoms with E-state index in [-0.39, 0.29) is 16.8 Å². The number of nitrogens with zero attached hydrogens (tertiary/aromatic N) is 1. The predicted molar refractivity (Wildman–Crippen MR) is 132 cm³/mol. The average Bonchev–Trinajstić information content (AvgIpc) is 2.83. The number of pyridine rings is 1. The van der Waals surface area contributed by atoms with Crippen LogP contribution in [0.3, 0.4) is 0 Å². The quantitative estimate of drug-likeness (QED) is 0.396. The molecule has 33 heavy (non-hydrogen) atoms. The van der Waals surface area contributed by atoms with Crippen molar-refractivity contribution in [1.82, 2.24) is 9.71 Å². The van der Waals surface area contributed by atoms with E-state index in [1.54, 1.807) is 18.2 Å². The molecule has 0 fully saturated rings. The second kappa shape index (κ2) is 9.52. The average molecular weight is 460 g/mol. The topological polar surface area (TPSA) is 88.2 Å². The van der Waals surface area contributed by atoms with Crippen molar-refractivity contribution in [1.29, 1.82) is 0 Å². The number of nitrogens with one attached hydrogen (secondary N) is 2. The smallest absolute Gasteiger partial charge is 0.256 e. The number of benzene rings is 3. The van der Waals surface area contributed by atoms with Gasteiger partial charge >= 0.3 is 0 Å². The van der Waals surface area contributed by atoms with Gasteiger partial charge in [-0.2, -0.15) is 0 Å². The van der Waals surface area contributed by atoms with Crippen molar-refractivity contribution in [2.24, 2.45) is 0 Å². The van der Waals surface area contributed by atoms with Crippen molar-refractivity contribution in [2.75, 3.05) is 5.32 Å². The zero-order valence-electron chi connectivity index (χ0n) is 18.4. The number of aromatic nitrogens is 1. The van der Waals surface area contributed by atoms with Gasteiger partial charge in [0.25, 0.3) is 5.91 Å². The van der Waals surface area contributed by atoms with Crippen molar-refractivity contribution in [2.45, 2.75) is 31.2 Å². The largest absolute Gasteiger partial charge is 0.322 e. The van der Waals surface area contributed by atoms with Gasteiger partial charge in [-0.25, -0.2) is 18.1 Å². The zero-order valence-corrected chi connectivity index (χ0v) is 19.3. The normalized spacial score (nSPS) is 12.4. The highest BCUT2D eigenvalue weighted by Gasteiger charge is 2.17. The summed E-state index contributed by atoms with van der Waals surface area (Å²) < 4.78 is 27.6. The number of sulfonamides is 1. The Bertz CT molecular complexity index is 1390. The molecule has 1 amide bonds. The summed E-state index contributed by atoms with van der Waals surface area (Å²) in [5.74, 6) is -0.292. The maximum Gasteiger partial charge on any atom is 0.256 e. The summed E-state index contributed by atoms with van der Waals surface area (Å²) in [5.41, 5.74) is 3.35. The van der Waals surface area contributed by atoms with E-state index in [9.17, 15) is 13.2 Å². The van der Waals surface area contributed by atoms with E-state index in [2.05, 4.69) is 10.0 Å². The number of anilines is 1. The molecular weight excluding hydrogens is 434 g/mol. The third-order valence-corrected chi connectivity index (χ3v) is 7.03. The Kier molecular flexibility index (Phi) is 6.53. The molecule has 4 rings (SSSR count). The monoisotopic (exact) mass is 459 g/mol. The van der Waals surface area contributed by atoms with Crippen LogP contribution in [-0.2, 0) is 10.0 Å². The molecule has 0 saturated heterocycles. The zero-order chi connectivity index (χ0) is 23.4. The fourth-order valence-corrected chi connectivity index (χ4v) is 4.78. The minimum atomic E-state index is -3.61. The van der Waals surface area contributed by atoms with Crippen LogP contribution in [0.15, 0.2) is 89.8 Å². The summed E-state index contributed by atoms with van der Waals surface area (Å²) in [6.45, 7) is 3.73. The molecule has 0 aliphatic heterocycles. The molecule has 2 N–H and O–H groups in total. The number of fused-ring (bicyclic) bond motifs is 1. The molecule has 6 nitrogen and oxygen atoms in total. The van der Waals surface area contributed by atoms with Gasteiger partial charge in [0, 0.05) is 22.7 Å². The van der Waals surface area contributed by atoms with Crippen molar-refractivity contribution >= 4 is 32.5 Å². The molecule has 7 heteroatoms. The molecule has 1 aromatic heterocycles. The Labute approximate surface area is 193 Å². The molecule has 0 bridgehead atoms. The van der Waals surface area contributed by atoms with Gasteiger partial charge in [-0.05, 0) is 49.7 Å². The molecule has 1 atom stereocenters. The Morgan fingerprint density at radius 2 is 1.61 bits per heavy atom. The summed E-state index contributed by atoms with van der Waals surface area (Å²) in [7, 11) is -3.61. The first kappa shape index (κ1) is 22.6. The van der Waals surface area contributed by atoms with Crippen molar-refractivity contribution in [3.8, 4) is 11.3 Å². The second-order valence-electron chi connectivity index (χ2n) is 7.85. The summed E-state index contributed by atoms with van der Waals surface area (Å²) in [4.78, 5) is 18.1. The van der Waals surface area contributed by atoms with Crippen LogP contribution in [0.2, 0.25) is 0 Å². The van der Waals surface area contributed by atoms with Crippen LogP contribution in [0.5, 0.6) is 0 Å². The Morgan fingerprint density at radius 3 is 2.30 bits per heavy atom. The number of carbonyl (C=O) groups excluding carboxylic acids is 1. The molecule has 168 valence electrons. The maximum absolute atomic E-state index is 13.2. The van der Waals surface area contributed by atoms with Crippen molar-refractivity contribution < 1.29 is 13.2 Å². The third kappa shape index (κ3) is 5.10. The lowest BCUT2D eigenvalue weighted by Gasteiger charge is -2.13. The van der Waals surface area contributed by atoms with Crippen molar-refractivity contribution in [3.05, 3.63) is 90.5 Å². The van der Waals surface area contributed by atoms with Gasteiger partial charge in [0.15, 0.2) is 0 Å². The van der Waals surface area contributed by atoms with Gasteiger partial charge < -0.3 is 5.32 Å². The number of para-hydroxylation sites is 1. The Morgan fingerprint density at radius 1 is 0.939 bits per heavy atom. The lowest BCUT2D eigenvalue weighted by Crippen LogP contribution is -2.31. The highest BCUT2D eigenvalue weighted by atomic mass is 32.2. The van der Waals surface area contributed by atoms with Gasteiger partial charge in [0.1, 0.15) is 0 Å². The molecule has 0 aliphatic rings. The first-order valence-corrected chi connectivity index (χ1v) is 12.2. The Hall–Kier alpha value is -3.55. The minimum absolute atomic E-state index is 0.154. The molecule has 4 aromatic rings. The van der Waals surface area contributed by atoms with E-state index in [4.69, 9.17) is 4.98 Å². The van der Waals surface area contributed by atoms with E-state index < -0.39 is 10.0 Å². The fraction of sp³-hybridized carbons (Fsp3) is 0.154. The van der Waals surface area contributed by atoms with E-state index in [0.29, 0.717) is 23.4 Å². The molecular formula is C26H25N3O3S. The minimum Gasteiger partial charge on any atom is -0.322 e. The number of carbonyl (C=O) groups is 1. The van der Waals surface area contributed by atoms with Crippen LogP contribution in [0.4, 0.5) is 5.69 Å². The summed E-state index contributed by atoms with van der Waals surface area (Å²) >= 11 is 0. The third-order valence-electron chi connectivity index (χ3n) is 5.42. The number of amides is 1. The van der Waals surface area contributed by atoms with E-state index in [1.807, 2.05) is 68.4 Å². The SMILES string of the molecule is CCC(C)NS(=O)(=O)c1ccc(NC(=O)c2cc(-c3ccccc3)nc3ccccc23)cc1. The van der Waals surface area contributed by atoms with E-state index in [1.165, 1.54) is 12.1 Å². The Balaban J connectivity index is 1.63. The molecule has 0 saturated carbocycles. The number of hydrogen-bond acceptors (Lipinski definition) is 4. The van der Waals surface area contributed by atoms with Crippen LogP contribution < -0.4 is 10.0 Å². The lowest BCUT2D eigenvalue weighted by atomic mass is 10.0. The first-order valence-electron chi connectivity index (χ1n) is 10.8. The van der Waals surface area contributed by atoms with Gasteiger partial charge in [-0.15, -0.1) is 0 Å². The van der Waals surface area contributed by atoms with E-state index in [0.717, 1.165) is 16.5 Å². The standard InChI is InChI=1S/C26H25N3O3S/c1-3-18(2)29-33(31,32)21-15-13-20(14-16-21)27-26(30)23-17-25(19-9-5-4-6-10-19)28-24-12-8-7-11-22(23)24/h4-18,29H,3H2,1-2H3,(H,27,30). The van der Waals surface area contributed by atoms with Crippen LogP contribution >= 0.6 is 0 Å². The maximum atomic E-state index is 13.2. The molecule has 0 radical (unpaired) electrons. The first-order chi connectivity index (χ1) is 15.9. The highest BCUT2D eigenvalue weighted by molar-refractivity contribution is 7.89. The number of hydrogen-bond donors (Lipinski definition) is 2. The molecule has 3 aromatic carbocycles.